The van der Waals surface area contributed by atoms with Crippen LogP contribution in [0.4, 0.5) is 5.69 Å². The van der Waals surface area contributed by atoms with Gasteiger partial charge in [-0.05, 0) is 50.5 Å². The van der Waals surface area contributed by atoms with Crippen molar-refractivity contribution in [3.05, 3.63) is 29.3 Å². The first-order valence-electron chi connectivity index (χ1n) is 6.69. The molecule has 102 valence electrons. The molecule has 1 aliphatic rings. The van der Waals surface area contributed by atoms with E-state index in [4.69, 9.17) is 12.2 Å². The van der Waals surface area contributed by atoms with Gasteiger partial charge in [0.25, 0.3) is 5.91 Å². The van der Waals surface area contributed by atoms with Gasteiger partial charge in [0, 0.05) is 6.04 Å². The number of benzene rings is 1. The van der Waals surface area contributed by atoms with Crippen molar-refractivity contribution in [1.82, 2.24) is 4.90 Å². The Labute approximate surface area is 120 Å². The maximum absolute atomic E-state index is 12.3. The lowest BCUT2D eigenvalue weighted by molar-refractivity contribution is -0.116. The average molecular weight is 276 g/mol. The number of nitrogens with zero attached hydrogens (tertiary/aromatic N) is 2. The van der Waals surface area contributed by atoms with Crippen LogP contribution in [-0.4, -0.2) is 28.5 Å². The predicted octanol–water partition coefficient (Wildman–Crippen LogP) is 2.90. The summed E-state index contributed by atoms with van der Waals surface area (Å²) in [4.78, 5) is 16.0. The lowest BCUT2D eigenvalue weighted by atomic mass is 10.0. The minimum atomic E-state index is 0.0719. The zero-order chi connectivity index (χ0) is 14.2. The molecule has 0 aromatic heterocycles. The molecule has 0 unspecified atom stereocenters. The second-order valence-corrected chi connectivity index (χ2v) is 5.53. The number of thiocarbonyl (C=S) groups is 1. The van der Waals surface area contributed by atoms with Crippen LogP contribution in [0.25, 0.3) is 0 Å². The molecule has 1 aromatic carbocycles. The Kier molecular flexibility index (Phi) is 3.90. The zero-order valence-corrected chi connectivity index (χ0v) is 12.8. The molecule has 2 rings (SSSR count). The van der Waals surface area contributed by atoms with Gasteiger partial charge >= 0.3 is 0 Å². The molecule has 1 saturated heterocycles. The van der Waals surface area contributed by atoms with Crippen molar-refractivity contribution in [3.63, 3.8) is 0 Å². The van der Waals surface area contributed by atoms with Gasteiger partial charge in [0.2, 0.25) is 0 Å². The quantitative estimate of drug-likeness (QED) is 0.793. The smallest absolute Gasteiger partial charge is 0.252 e. The van der Waals surface area contributed by atoms with Crippen LogP contribution in [0.1, 0.15) is 31.9 Å². The van der Waals surface area contributed by atoms with Crippen molar-refractivity contribution >= 4 is 28.9 Å². The van der Waals surface area contributed by atoms with Crippen molar-refractivity contribution < 1.29 is 4.79 Å². The molecule has 0 radical (unpaired) electrons. The third-order valence-electron chi connectivity index (χ3n) is 3.54. The highest BCUT2D eigenvalue weighted by molar-refractivity contribution is 7.80. The molecule has 0 saturated carbocycles. The van der Waals surface area contributed by atoms with Crippen LogP contribution in [0.3, 0.4) is 0 Å². The molecule has 19 heavy (non-hydrogen) atoms. The molecule has 3 nitrogen and oxygen atoms in total. The molecule has 1 fully saturated rings. The summed E-state index contributed by atoms with van der Waals surface area (Å²) >= 11 is 5.50. The molecular formula is C15H20N2OS. The number of para-hydroxylation sites is 1. The van der Waals surface area contributed by atoms with E-state index in [2.05, 4.69) is 26.8 Å². The summed E-state index contributed by atoms with van der Waals surface area (Å²) in [7, 11) is 0. The third-order valence-corrected chi connectivity index (χ3v) is 3.96. The van der Waals surface area contributed by atoms with Crippen LogP contribution in [0.15, 0.2) is 18.2 Å². The highest BCUT2D eigenvalue weighted by atomic mass is 32.1. The summed E-state index contributed by atoms with van der Waals surface area (Å²) in [6, 6.07) is 6.37. The molecule has 4 heteroatoms. The molecule has 1 aliphatic heterocycles. The van der Waals surface area contributed by atoms with Crippen molar-refractivity contribution in [2.75, 3.05) is 11.4 Å². The fourth-order valence-electron chi connectivity index (χ4n) is 2.47. The normalized spacial score (nSPS) is 15.8. The van der Waals surface area contributed by atoms with Gasteiger partial charge in [0.05, 0.1) is 5.69 Å². The number of aryl methyl sites for hydroxylation is 2. The number of carbonyl (C=O) groups excluding carboxylic acids is 1. The van der Waals surface area contributed by atoms with Crippen molar-refractivity contribution in [2.24, 2.45) is 0 Å². The number of carbonyl (C=O) groups is 1. The first-order valence-corrected chi connectivity index (χ1v) is 7.10. The molecule has 1 aromatic rings. The van der Waals surface area contributed by atoms with Gasteiger partial charge < -0.3 is 4.90 Å². The van der Waals surface area contributed by atoms with Crippen LogP contribution >= 0.6 is 12.2 Å². The van der Waals surface area contributed by atoms with Crippen molar-refractivity contribution in [3.8, 4) is 0 Å². The number of anilines is 1. The fraction of sp³-hybridized carbons (Fsp3) is 0.467. The lowest BCUT2D eigenvalue weighted by Gasteiger charge is -2.25. The fourth-order valence-corrected chi connectivity index (χ4v) is 2.94. The number of rotatable bonds is 3. The average Bonchev–Trinajstić information content (AvgIpc) is 2.65. The van der Waals surface area contributed by atoms with Crippen LogP contribution in [0.2, 0.25) is 0 Å². The summed E-state index contributed by atoms with van der Waals surface area (Å²) in [6.07, 6.45) is 0.894. The topological polar surface area (TPSA) is 23.6 Å². The lowest BCUT2D eigenvalue weighted by Crippen LogP contribution is -2.37. The Morgan fingerprint density at radius 2 is 2.05 bits per heavy atom. The zero-order valence-electron chi connectivity index (χ0n) is 11.9. The molecule has 0 N–H and O–H groups in total. The second-order valence-electron chi connectivity index (χ2n) is 5.17. The molecule has 0 bridgehead atoms. The van der Waals surface area contributed by atoms with Gasteiger partial charge in [-0.3, -0.25) is 9.69 Å². The minimum Gasteiger partial charge on any atom is -0.337 e. The van der Waals surface area contributed by atoms with Crippen LogP contribution < -0.4 is 4.90 Å². The van der Waals surface area contributed by atoms with E-state index in [9.17, 15) is 4.79 Å². The molecule has 1 amide bonds. The first-order chi connectivity index (χ1) is 8.97. The van der Waals surface area contributed by atoms with Gasteiger partial charge in [-0.15, -0.1) is 0 Å². The predicted molar refractivity (Wildman–Crippen MR) is 82.5 cm³/mol. The summed E-state index contributed by atoms with van der Waals surface area (Å²) in [5, 5.41) is 0.629. The Morgan fingerprint density at radius 1 is 1.37 bits per heavy atom. The van der Waals surface area contributed by atoms with Crippen LogP contribution in [-0.2, 0) is 11.2 Å². The van der Waals surface area contributed by atoms with Gasteiger partial charge in [0.1, 0.15) is 6.54 Å². The van der Waals surface area contributed by atoms with Crippen molar-refractivity contribution in [2.45, 2.75) is 40.2 Å². The third kappa shape index (κ3) is 2.37. The van der Waals surface area contributed by atoms with E-state index in [1.54, 1.807) is 4.90 Å². The Bertz CT molecular complexity index is 525. The van der Waals surface area contributed by atoms with E-state index in [0.29, 0.717) is 11.7 Å². The maximum Gasteiger partial charge on any atom is 0.252 e. The summed E-state index contributed by atoms with van der Waals surface area (Å²) in [5.74, 6) is 0.0719. The second kappa shape index (κ2) is 5.29. The molecule has 0 aliphatic carbocycles. The number of amides is 1. The van der Waals surface area contributed by atoms with E-state index in [0.717, 1.165) is 17.7 Å². The van der Waals surface area contributed by atoms with Crippen LogP contribution in [0.5, 0.6) is 0 Å². The Balaban J connectivity index is 2.48. The summed E-state index contributed by atoms with van der Waals surface area (Å²) < 4.78 is 0. The van der Waals surface area contributed by atoms with E-state index in [-0.39, 0.29) is 11.9 Å². The van der Waals surface area contributed by atoms with E-state index in [1.807, 2.05) is 24.0 Å². The van der Waals surface area contributed by atoms with Gasteiger partial charge in [0.15, 0.2) is 5.11 Å². The molecule has 1 heterocycles. The minimum absolute atomic E-state index is 0.0719. The van der Waals surface area contributed by atoms with E-state index < -0.39 is 0 Å². The highest BCUT2D eigenvalue weighted by Crippen LogP contribution is 2.30. The molecular weight excluding hydrogens is 256 g/mol. The summed E-state index contributed by atoms with van der Waals surface area (Å²) in [5.41, 5.74) is 3.24. The SMILES string of the molecule is CCc1cccc(C)c1N1C(=O)CN(C(C)C)C1=S. The monoisotopic (exact) mass is 276 g/mol. The maximum atomic E-state index is 12.3. The molecule has 0 atom stereocenters. The Morgan fingerprint density at radius 3 is 2.58 bits per heavy atom. The van der Waals surface area contributed by atoms with Gasteiger partial charge in [-0.25, -0.2) is 0 Å². The Hall–Kier alpha value is -1.42. The van der Waals surface area contributed by atoms with Crippen molar-refractivity contribution in [1.29, 1.82) is 0 Å². The van der Waals surface area contributed by atoms with Gasteiger partial charge in [-0.1, -0.05) is 25.1 Å². The number of hydrogen-bond acceptors (Lipinski definition) is 2. The standard InChI is InChI=1S/C15H20N2OS/c1-5-12-8-6-7-11(4)14(12)17-13(18)9-16(10(2)3)15(17)19/h6-8,10H,5,9H2,1-4H3. The van der Waals surface area contributed by atoms with Crippen LogP contribution in [0, 0.1) is 6.92 Å². The molecule has 0 spiro atoms. The number of hydrogen-bond donors (Lipinski definition) is 0. The highest BCUT2D eigenvalue weighted by Gasteiger charge is 2.36. The van der Waals surface area contributed by atoms with E-state index >= 15 is 0 Å². The van der Waals surface area contributed by atoms with E-state index in [1.165, 1.54) is 5.56 Å². The van der Waals surface area contributed by atoms with Gasteiger partial charge in [-0.2, -0.15) is 0 Å². The largest absolute Gasteiger partial charge is 0.337 e. The first kappa shape index (κ1) is 14.0. The summed E-state index contributed by atoms with van der Waals surface area (Å²) in [6.45, 7) is 8.63.